The van der Waals surface area contributed by atoms with Crippen LogP contribution in [0.2, 0.25) is 5.02 Å². The zero-order chi connectivity index (χ0) is 27.7. The SMILES string of the molecule is COc1cc(OC)c(/C=C/S(=O)(=O)Nc2ccc(OC)c(N/C=C/C(=O)c3ccc(Cl)cc3)c2)c(OC)c1. The molecule has 38 heavy (non-hydrogen) atoms. The van der Waals surface area contributed by atoms with Gasteiger partial charge in [-0.05, 0) is 48.5 Å². The molecule has 3 aromatic rings. The predicted molar refractivity (Wildman–Crippen MR) is 149 cm³/mol. The highest BCUT2D eigenvalue weighted by Crippen LogP contribution is 2.35. The molecule has 200 valence electrons. The fourth-order valence-electron chi connectivity index (χ4n) is 3.35. The van der Waals surface area contributed by atoms with Gasteiger partial charge in [0.15, 0.2) is 5.78 Å². The number of hydrogen-bond acceptors (Lipinski definition) is 8. The van der Waals surface area contributed by atoms with Crippen molar-refractivity contribution in [1.29, 1.82) is 0 Å². The number of carbonyl (C=O) groups is 1. The standard InChI is InChI=1S/C27H27ClN2O7S/c1-34-21-16-26(36-3)22(27(17-21)37-4)12-14-38(32,33)30-20-9-10-25(35-2)23(15-20)29-13-11-24(31)18-5-7-19(28)8-6-18/h5-17,29-30H,1-4H3/b13-11+,14-12+. The number of benzene rings is 3. The molecule has 3 aromatic carbocycles. The van der Waals surface area contributed by atoms with Gasteiger partial charge >= 0.3 is 0 Å². The maximum atomic E-state index is 12.8. The number of allylic oxidation sites excluding steroid dienone is 1. The third-order valence-corrected chi connectivity index (χ3v) is 6.50. The van der Waals surface area contributed by atoms with E-state index in [0.29, 0.717) is 44.8 Å². The first-order chi connectivity index (χ1) is 18.2. The van der Waals surface area contributed by atoms with Crippen molar-refractivity contribution in [2.24, 2.45) is 0 Å². The van der Waals surface area contributed by atoms with E-state index in [4.69, 9.17) is 30.5 Å². The first-order valence-corrected chi connectivity index (χ1v) is 13.0. The molecule has 2 N–H and O–H groups in total. The van der Waals surface area contributed by atoms with E-state index in [0.717, 1.165) is 5.41 Å². The van der Waals surface area contributed by atoms with Crippen LogP contribution in [0.1, 0.15) is 15.9 Å². The minimum atomic E-state index is -3.93. The van der Waals surface area contributed by atoms with E-state index in [1.165, 1.54) is 52.9 Å². The minimum absolute atomic E-state index is 0.237. The molecule has 0 aliphatic rings. The Morgan fingerprint density at radius 3 is 2.05 bits per heavy atom. The van der Waals surface area contributed by atoms with Crippen molar-refractivity contribution in [3.63, 3.8) is 0 Å². The Balaban J connectivity index is 1.78. The molecule has 0 saturated heterocycles. The van der Waals surface area contributed by atoms with E-state index in [9.17, 15) is 13.2 Å². The molecule has 11 heteroatoms. The van der Waals surface area contributed by atoms with Crippen molar-refractivity contribution in [3.8, 4) is 23.0 Å². The molecule has 0 saturated carbocycles. The van der Waals surface area contributed by atoms with Crippen LogP contribution in [0, 0.1) is 0 Å². The molecular formula is C27H27ClN2O7S. The van der Waals surface area contributed by atoms with Gasteiger partial charge in [0.1, 0.15) is 23.0 Å². The highest BCUT2D eigenvalue weighted by atomic mass is 35.5. The summed E-state index contributed by atoms with van der Waals surface area (Å²) in [6, 6.07) is 14.4. The smallest absolute Gasteiger partial charge is 0.255 e. The van der Waals surface area contributed by atoms with Crippen molar-refractivity contribution >= 4 is 44.9 Å². The van der Waals surface area contributed by atoms with E-state index >= 15 is 0 Å². The van der Waals surface area contributed by atoms with Gasteiger partial charge in [0.25, 0.3) is 10.0 Å². The monoisotopic (exact) mass is 558 g/mol. The highest BCUT2D eigenvalue weighted by Gasteiger charge is 2.14. The molecule has 3 rings (SSSR count). The van der Waals surface area contributed by atoms with Gasteiger partial charge in [-0.3, -0.25) is 9.52 Å². The number of halogens is 1. The molecular weight excluding hydrogens is 532 g/mol. The average Bonchev–Trinajstić information content (AvgIpc) is 2.91. The molecule has 0 aromatic heterocycles. The first kappa shape index (κ1) is 28.4. The summed E-state index contributed by atoms with van der Waals surface area (Å²) < 4.78 is 49.4. The predicted octanol–water partition coefficient (Wildman–Crippen LogP) is 5.60. The molecule has 0 heterocycles. The second kappa shape index (κ2) is 12.9. The second-order valence-corrected chi connectivity index (χ2v) is 9.66. The molecule has 0 atom stereocenters. The Morgan fingerprint density at radius 1 is 0.842 bits per heavy atom. The van der Waals surface area contributed by atoms with Crippen LogP contribution in [0.4, 0.5) is 11.4 Å². The number of rotatable bonds is 12. The number of sulfonamides is 1. The molecule has 0 radical (unpaired) electrons. The molecule has 0 spiro atoms. The fraction of sp³-hybridized carbons (Fsp3) is 0.148. The van der Waals surface area contributed by atoms with Gasteiger partial charge in [-0.25, -0.2) is 8.42 Å². The molecule has 0 amide bonds. The number of ketones is 1. The third kappa shape index (κ3) is 7.44. The summed E-state index contributed by atoms with van der Waals surface area (Å²) in [6.07, 6.45) is 4.15. The number of nitrogens with one attached hydrogen (secondary N) is 2. The van der Waals surface area contributed by atoms with Crippen LogP contribution in [0.25, 0.3) is 6.08 Å². The van der Waals surface area contributed by atoms with Crippen molar-refractivity contribution in [2.45, 2.75) is 0 Å². The zero-order valence-electron chi connectivity index (χ0n) is 21.1. The molecule has 9 nitrogen and oxygen atoms in total. The molecule has 0 unspecified atom stereocenters. The van der Waals surface area contributed by atoms with Crippen LogP contribution in [-0.2, 0) is 10.0 Å². The van der Waals surface area contributed by atoms with Gasteiger partial charge in [-0.2, -0.15) is 0 Å². The normalized spacial score (nSPS) is 11.4. The van der Waals surface area contributed by atoms with Crippen LogP contribution >= 0.6 is 11.6 Å². The van der Waals surface area contributed by atoms with Crippen LogP contribution in [0.15, 0.2) is 72.3 Å². The summed E-state index contributed by atoms with van der Waals surface area (Å²) in [7, 11) is 1.97. The van der Waals surface area contributed by atoms with Crippen LogP contribution in [-0.4, -0.2) is 42.6 Å². The lowest BCUT2D eigenvalue weighted by molar-refractivity contribution is 0.104. The first-order valence-electron chi connectivity index (χ1n) is 11.1. The molecule has 0 aliphatic carbocycles. The molecule has 0 aliphatic heterocycles. The van der Waals surface area contributed by atoms with Gasteiger partial charge in [0.2, 0.25) is 0 Å². The summed E-state index contributed by atoms with van der Waals surface area (Å²) in [5, 5.41) is 4.49. The summed E-state index contributed by atoms with van der Waals surface area (Å²) in [5.41, 5.74) is 1.60. The number of carbonyl (C=O) groups excluding carboxylic acids is 1. The Labute approximate surface area is 226 Å². The van der Waals surface area contributed by atoms with Gasteiger partial charge in [-0.1, -0.05) is 11.6 Å². The van der Waals surface area contributed by atoms with E-state index in [2.05, 4.69) is 10.0 Å². The Hall–Kier alpha value is -4.15. The van der Waals surface area contributed by atoms with E-state index in [1.807, 2.05) is 0 Å². The average molecular weight is 559 g/mol. The van der Waals surface area contributed by atoms with Crippen molar-refractivity contribution in [3.05, 3.63) is 88.4 Å². The number of anilines is 2. The van der Waals surface area contributed by atoms with Crippen LogP contribution in [0.5, 0.6) is 23.0 Å². The summed E-state index contributed by atoms with van der Waals surface area (Å²) in [4.78, 5) is 12.3. The van der Waals surface area contributed by atoms with Gasteiger partial charge in [0, 0.05) is 35.0 Å². The topological polar surface area (TPSA) is 112 Å². The van der Waals surface area contributed by atoms with Crippen molar-refractivity contribution in [1.82, 2.24) is 0 Å². The molecule has 0 bridgehead atoms. The van der Waals surface area contributed by atoms with Crippen LogP contribution < -0.4 is 29.0 Å². The fourth-order valence-corrected chi connectivity index (χ4v) is 4.32. The second-order valence-electron chi connectivity index (χ2n) is 7.66. The number of methoxy groups -OCH3 is 4. The lowest BCUT2D eigenvalue weighted by atomic mass is 10.1. The van der Waals surface area contributed by atoms with Gasteiger partial charge in [0.05, 0.1) is 50.8 Å². The van der Waals surface area contributed by atoms with Gasteiger partial charge in [-0.15, -0.1) is 0 Å². The lowest BCUT2D eigenvalue weighted by Gasteiger charge is -2.13. The largest absolute Gasteiger partial charge is 0.496 e. The van der Waals surface area contributed by atoms with Crippen molar-refractivity contribution in [2.75, 3.05) is 38.5 Å². The maximum absolute atomic E-state index is 12.8. The zero-order valence-corrected chi connectivity index (χ0v) is 22.7. The number of ether oxygens (including phenoxy) is 4. The van der Waals surface area contributed by atoms with Gasteiger partial charge < -0.3 is 24.3 Å². The Kier molecular flexibility index (Phi) is 9.64. The minimum Gasteiger partial charge on any atom is -0.496 e. The highest BCUT2D eigenvalue weighted by molar-refractivity contribution is 7.95. The summed E-state index contributed by atoms with van der Waals surface area (Å²) >= 11 is 5.86. The van der Waals surface area contributed by atoms with Crippen molar-refractivity contribution < 1.29 is 32.2 Å². The van der Waals surface area contributed by atoms with Crippen LogP contribution in [0.3, 0.4) is 0 Å². The molecule has 0 fully saturated rings. The Morgan fingerprint density at radius 2 is 1.47 bits per heavy atom. The summed E-state index contributed by atoms with van der Waals surface area (Å²) in [5.74, 6) is 1.46. The Bertz CT molecular complexity index is 1430. The quantitative estimate of drug-likeness (QED) is 0.218. The number of hydrogen-bond donors (Lipinski definition) is 2. The summed E-state index contributed by atoms with van der Waals surface area (Å²) in [6.45, 7) is 0. The third-order valence-electron chi connectivity index (χ3n) is 5.23. The lowest BCUT2D eigenvalue weighted by Crippen LogP contribution is -2.09. The van der Waals surface area contributed by atoms with E-state index < -0.39 is 10.0 Å². The maximum Gasteiger partial charge on any atom is 0.255 e. The van der Waals surface area contributed by atoms with E-state index in [-0.39, 0.29) is 11.5 Å². The van der Waals surface area contributed by atoms with E-state index in [1.54, 1.807) is 48.5 Å².